The number of carbonyl (C=O) groups is 1. The Hall–Kier alpha value is -2.06. The van der Waals surface area contributed by atoms with Crippen molar-refractivity contribution in [2.75, 3.05) is 13.1 Å². The summed E-state index contributed by atoms with van der Waals surface area (Å²) in [6.45, 7) is -0.108. The molecule has 0 bridgehead atoms. The molecule has 0 saturated carbocycles. The zero-order valence-electron chi connectivity index (χ0n) is 11.3. The summed E-state index contributed by atoms with van der Waals surface area (Å²) in [4.78, 5) is 16.0. The molecule has 2 atom stereocenters. The van der Waals surface area contributed by atoms with Gasteiger partial charge in [0.15, 0.2) is 0 Å². The Morgan fingerprint density at radius 1 is 1.23 bits per heavy atom. The van der Waals surface area contributed by atoms with Crippen LogP contribution >= 0.6 is 0 Å². The van der Waals surface area contributed by atoms with Gasteiger partial charge in [0, 0.05) is 18.5 Å². The number of amides is 1. The number of likely N-dealkylation sites (tertiary alicyclic amines) is 1. The van der Waals surface area contributed by atoms with Crippen molar-refractivity contribution >= 4 is 16.8 Å². The number of H-pyrrole nitrogens is 1. The smallest absolute Gasteiger partial charge is 0.388 e. The Kier molecular flexibility index (Phi) is 3.37. The van der Waals surface area contributed by atoms with Crippen LogP contribution in [0.3, 0.4) is 0 Å². The van der Waals surface area contributed by atoms with Crippen molar-refractivity contribution in [2.24, 2.45) is 0 Å². The number of aromatic amines is 1. The molecule has 5 nitrogen and oxygen atoms in total. The first-order valence-electron chi connectivity index (χ1n) is 6.61. The first kappa shape index (κ1) is 14.9. The molecular weight excluding hydrogens is 301 g/mol. The van der Waals surface area contributed by atoms with E-state index in [4.69, 9.17) is 0 Å². The van der Waals surface area contributed by atoms with Gasteiger partial charge in [-0.15, -0.1) is 0 Å². The van der Waals surface area contributed by atoms with E-state index in [1.807, 2.05) is 0 Å². The highest BCUT2D eigenvalue weighted by molar-refractivity contribution is 5.99. The van der Waals surface area contributed by atoms with Gasteiger partial charge in [-0.2, -0.15) is 13.2 Å². The zero-order chi connectivity index (χ0) is 16.1. The van der Waals surface area contributed by atoms with Crippen LogP contribution in [0.1, 0.15) is 16.1 Å². The molecule has 1 aliphatic rings. The Morgan fingerprint density at radius 2 is 1.86 bits per heavy atom. The second-order valence-electron chi connectivity index (χ2n) is 5.30. The third-order valence-corrected chi connectivity index (χ3v) is 3.74. The number of nitrogens with one attached hydrogen (secondary N) is 1. The molecule has 0 aliphatic carbocycles. The van der Waals surface area contributed by atoms with E-state index in [0.29, 0.717) is 0 Å². The van der Waals surface area contributed by atoms with E-state index in [-0.39, 0.29) is 29.7 Å². The molecule has 8 heteroatoms. The fourth-order valence-electron chi connectivity index (χ4n) is 2.61. The fourth-order valence-corrected chi connectivity index (χ4v) is 2.61. The van der Waals surface area contributed by atoms with Gasteiger partial charge in [-0.05, 0) is 12.1 Å². The zero-order valence-corrected chi connectivity index (χ0v) is 11.3. The number of hydrogen-bond acceptors (Lipinski definition) is 3. The van der Waals surface area contributed by atoms with Crippen LogP contribution in [-0.2, 0) is 6.18 Å². The number of hydrogen-bond donors (Lipinski definition) is 3. The van der Waals surface area contributed by atoms with Crippen molar-refractivity contribution in [3.05, 3.63) is 35.5 Å². The number of nitrogens with zero attached hydrogens (tertiary/aromatic N) is 1. The topological polar surface area (TPSA) is 76.6 Å². The summed E-state index contributed by atoms with van der Waals surface area (Å²) >= 11 is 0. The Labute approximate surface area is 123 Å². The molecule has 22 heavy (non-hydrogen) atoms. The molecule has 3 rings (SSSR count). The third-order valence-electron chi connectivity index (χ3n) is 3.74. The lowest BCUT2D eigenvalue weighted by molar-refractivity contribution is -0.136. The molecule has 1 aromatic carbocycles. The summed E-state index contributed by atoms with van der Waals surface area (Å²) in [6, 6.07) is 5.03. The molecule has 1 aliphatic heterocycles. The molecule has 0 unspecified atom stereocenters. The number of halogens is 3. The average Bonchev–Trinajstić information content (AvgIpc) is 3.00. The van der Waals surface area contributed by atoms with E-state index in [1.165, 1.54) is 23.1 Å². The summed E-state index contributed by atoms with van der Waals surface area (Å²) in [5, 5.41) is 19.2. The first-order valence-corrected chi connectivity index (χ1v) is 6.61. The van der Waals surface area contributed by atoms with Crippen LogP contribution in [-0.4, -0.2) is 51.3 Å². The number of alkyl halides is 3. The van der Waals surface area contributed by atoms with Crippen LogP contribution in [0.5, 0.6) is 0 Å². The number of benzene rings is 1. The van der Waals surface area contributed by atoms with E-state index >= 15 is 0 Å². The number of carbonyl (C=O) groups excluding carboxylic acids is 1. The summed E-state index contributed by atoms with van der Waals surface area (Å²) in [5.74, 6) is -0.556. The molecule has 3 N–H and O–H groups in total. The van der Waals surface area contributed by atoms with E-state index in [9.17, 15) is 28.2 Å². The number of aromatic nitrogens is 1. The predicted molar refractivity (Wildman–Crippen MR) is 71.2 cm³/mol. The van der Waals surface area contributed by atoms with Crippen LogP contribution in [0.15, 0.2) is 24.3 Å². The maximum Gasteiger partial charge on any atom is 0.418 e. The van der Waals surface area contributed by atoms with Gasteiger partial charge in [-0.1, -0.05) is 12.1 Å². The van der Waals surface area contributed by atoms with Gasteiger partial charge >= 0.3 is 6.18 Å². The second-order valence-corrected chi connectivity index (χ2v) is 5.30. The van der Waals surface area contributed by atoms with Gasteiger partial charge in [0.05, 0.1) is 23.3 Å². The van der Waals surface area contributed by atoms with Crippen molar-refractivity contribution in [3.63, 3.8) is 0 Å². The monoisotopic (exact) mass is 314 g/mol. The molecule has 118 valence electrons. The summed E-state index contributed by atoms with van der Waals surface area (Å²) < 4.78 is 38.9. The van der Waals surface area contributed by atoms with Crippen molar-refractivity contribution in [1.29, 1.82) is 0 Å². The minimum atomic E-state index is -4.52. The molecule has 1 aromatic heterocycles. The molecule has 1 saturated heterocycles. The van der Waals surface area contributed by atoms with Crippen molar-refractivity contribution < 1.29 is 28.2 Å². The van der Waals surface area contributed by atoms with Gasteiger partial charge in [-0.25, -0.2) is 0 Å². The number of fused-ring (bicyclic) bond motifs is 1. The predicted octanol–water partition coefficient (Wildman–Crippen LogP) is 1.36. The fraction of sp³-hybridized carbons (Fsp3) is 0.357. The van der Waals surface area contributed by atoms with Crippen molar-refractivity contribution in [3.8, 4) is 0 Å². The van der Waals surface area contributed by atoms with E-state index < -0.39 is 29.9 Å². The lowest BCUT2D eigenvalue weighted by Crippen LogP contribution is -2.30. The minimum Gasteiger partial charge on any atom is -0.388 e. The van der Waals surface area contributed by atoms with Crippen LogP contribution in [0.25, 0.3) is 10.9 Å². The highest BCUT2D eigenvalue weighted by atomic mass is 19.4. The van der Waals surface area contributed by atoms with Gasteiger partial charge in [0.2, 0.25) is 0 Å². The largest absolute Gasteiger partial charge is 0.418 e. The maximum absolute atomic E-state index is 13.0. The molecule has 1 fully saturated rings. The molecule has 1 amide bonds. The first-order chi connectivity index (χ1) is 10.3. The molecular formula is C14H13F3N2O3. The lowest BCUT2D eigenvalue weighted by atomic mass is 10.1. The standard InChI is InChI=1S/C14H13F3N2O3/c15-14(16,17)8-3-1-2-7-4-9(18-12(7)8)13(22)19-5-10(20)11(21)6-19/h1-4,10-11,18,20-21H,5-6H2/t10-,11-/m1/s1. The van der Waals surface area contributed by atoms with Gasteiger partial charge in [0.25, 0.3) is 5.91 Å². The minimum absolute atomic E-state index is 0.00648. The highest BCUT2D eigenvalue weighted by Gasteiger charge is 2.35. The molecule has 2 heterocycles. The van der Waals surface area contributed by atoms with Crippen LogP contribution in [0.2, 0.25) is 0 Å². The van der Waals surface area contributed by atoms with Gasteiger partial charge < -0.3 is 20.1 Å². The molecule has 2 aromatic rings. The van der Waals surface area contributed by atoms with Crippen LogP contribution in [0, 0.1) is 0 Å². The summed E-state index contributed by atoms with van der Waals surface area (Å²) in [6.07, 6.45) is -6.61. The van der Waals surface area contributed by atoms with Crippen molar-refractivity contribution in [1.82, 2.24) is 9.88 Å². The number of aliphatic hydroxyl groups is 2. The second kappa shape index (κ2) is 4.99. The number of rotatable bonds is 1. The van der Waals surface area contributed by atoms with Gasteiger partial charge in [0.1, 0.15) is 5.69 Å². The quantitative estimate of drug-likeness (QED) is 0.744. The Balaban J connectivity index is 1.98. The summed E-state index contributed by atoms with van der Waals surface area (Å²) in [5.41, 5.74) is -1.00. The van der Waals surface area contributed by atoms with E-state index in [1.54, 1.807) is 0 Å². The Bertz CT molecular complexity index is 716. The van der Waals surface area contributed by atoms with Crippen LogP contribution in [0.4, 0.5) is 13.2 Å². The van der Waals surface area contributed by atoms with Gasteiger partial charge in [-0.3, -0.25) is 4.79 Å². The Morgan fingerprint density at radius 3 is 2.45 bits per heavy atom. The van der Waals surface area contributed by atoms with E-state index in [2.05, 4.69) is 4.98 Å². The summed E-state index contributed by atoms with van der Waals surface area (Å²) in [7, 11) is 0. The van der Waals surface area contributed by atoms with Crippen molar-refractivity contribution in [2.45, 2.75) is 18.4 Å². The maximum atomic E-state index is 13.0. The number of β-amino-alcohol motifs (C(OH)–C–C–N with tert-alkyl or cyclic N) is 2. The highest BCUT2D eigenvalue weighted by Crippen LogP contribution is 2.34. The normalized spacial score (nSPS) is 22.5. The lowest BCUT2D eigenvalue weighted by Gasteiger charge is -2.13. The van der Waals surface area contributed by atoms with E-state index in [0.717, 1.165) is 6.07 Å². The number of para-hydroxylation sites is 1. The SMILES string of the molecule is O=C(c1cc2cccc(C(F)(F)F)c2[nH]1)N1C[C@@H](O)[C@H](O)C1. The molecule has 0 spiro atoms. The van der Waals surface area contributed by atoms with Crippen LogP contribution < -0.4 is 0 Å². The molecule has 0 radical (unpaired) electrons. The number of aliphatic hydroxyl groups excluding tert-OH is 2. The average molecular weight is 314 g/mol. The third kappa shape index (κ3) is 2.44.